The summed E-state index contributed by atoms with van der Waals surface area (Å²) in [6.45, 7) is 4.39. The standard InChI is InChI=1S/C11H17FN2O/c1-11(2,13)7-14-8-4-5-10(15-3)9(12)6-8/h4-6,14H,7,13H2,1-3H3. The summed E-state index contributed by atoms with van der Waals surface area (Å²) < 4.78 is 18.1. The van der Waals surface area contributed by atoms with Gasteiger partial charge in [-0.15, -0.1) is 0 Å². The number of nitrogens with one attached hydrogen (secondary N) is 1. The number of nitrogens with two attached hydrogens (primary N) is 1. The van der Waals surface area contributed by atoms with E-state index >= 15 is 0 Å². The lowest BCUT2D eigenvalue weighted by molar-refractivity contribution is 0.386. The average molecular weight is 212 g/mol. The predicted molar refractivity (Wildman–Crippen MR) is 59.7 cm³/mol. The molecule has 0 unspecified atom stereocenters. The predicted octanol–water partition coefficient (Wildman–Crippen LogP) is 1.98. The number of hydrogen-bond donors (Lipinski definition) is 2. The zero-order valence-corrected chi connectivity index (χ0v) is 9.30. The fourth-order valence-corrected chi connectivity index (χ4v) is 1.11. The number of ether oxygens (including phenoxy) is 1. The lowest BCUT2D eigenvalue weighted by Gasteiger charge is -2.19. The molecule has 0 aliphatic rings. The molecule has 0 bridgehead atoms. The molecule has 0 aliphatic carbocycles. The van der Waals surface area contributed by atoms with Crippen molar-refractivity contribution in [3.63, 3.8) is 0 Å². The molecule has 0 aromatic heterocycles. The molecule has 0 radical (unpaired) electrons. The minimum absolute atomic E-state index is 0.243. The van der Waals surface area contributed by atoms with Crippen molar-refractivity contribution >= 4 is 5.69 Å². The van der Waals surface area contributed by atoms with E-state index in [4.69, 9.17) is 10.5 Å². The monoisotopic (exact) mass is 212 g/mol. The number of halogens is 1. The van der Waals surface area contributed by atoms with E-state index in [0.717, 1.165) is 0 Å². The zero-order valence-electron chi connectivity index (χ0n) is 9.30. The van der Waals surface area contributed by atoms with Crippen LogP contribution in [0.2, 0.25) is 0 Å². The minimum atomic E-state index is -0.377. The molecule has 0 amide bonds. The van der Waals surface area contributed by atoms with Gasteiger partial charge in [-0.2, -0.15) is 0 Å². The normalized spacial score (nSPS) is 11.3. The summed E-state index contributed by atoms with van der Waals surface area (Å²) in [5, 5.41) is 3.06. The van der Waals surface area contributed by atoms with Gasteiger partial charge in [0, 0.05) is 23.8 Å². The molecule has 1 rings (SSSR count). The van der Waals surface area contributed by atoms with Gasteiger partial charge in [0.05, 0.1) is 7.11 Å². The largest absolute Gasteiger partial charge is 0.494 e. The van der Waals surface area contributed by atoms with Crippen LogP contribution in [0.1, 0.15) is 13.8 Å². The van der Waals surface area contributed by atoms with Crippen LogP contribution in [0.3, 0.4) is 0 Å². The molecule has 84 valence electrons. The highest BCUT2D eigenvalue weighted by molar-refractivity contribution is 5.47. The topological polar surface area (TPSA) is 47.3 Å². The van der Waals surface area contributed by atoms with Crippen molar-refractivity contribution in [3.05, 3.63) is 24.0 Å². The number of anilines is 1. The molecule has 4 heteroatoms. The van der Waals surface area contributed by atoms with E-state index in [1.54, 1.807) is 12.1 Å². The molecule has 15 heavy (non-hydrogen) atoms. The van der Waals surface area contributed by atoms with Crippen LogP contribution in [-0.4, -0.2) is 19.2 Å². The maximum atomic E-state index is 13.3. The molecule has 0 saturated heterocycles. The Labute approximate surface area is 89.4 Å². The highest BCUT2D eigenvalue weighted by Gasteiger charge is 2.10. The van der Waals surface area contributed by atoms with Crippen molar-refractivity contribution in [2.75, 3.05) is 19.0 Å². The van der Waals surface area contributed by atoms with Crippen molar-refractivity contribution in [3.8, 4) is 5.75 Å². The molecule has 3 N–H and O–H groups in total. The van der Waals surface area contributed by atoms with E-state index in [-0.39, 0.29) is 17.1 Å². The van der Waals surface area contributed by atoms with E-state index < -0.39 is 0 Å². The third-order valence-electron chi connectivity index (χ3n) is 1.90. The van der Waals surface area contributed by atoms with Crippen LogP contribution >= 0.6 is 0 Å². The van der Waals surface area contributed by atoms with Gasteiger partial charge in [0.2, 0.25) is 0 Å². The maximum Gasteiger partial charge on any atom is 0.167 e. The van der Waals surface area contributed by atoms with Crippen molar-refractivity contribution in [2.24, 2.45) is 5.73 Å². The Bertz CT molecular complexity index is 334. The first-order chi connectivity index (χ1) is 6.92. The molecule has 0 saturated carbocycles. The van der Waals surface area contributed by atoms with Crippen molar-refractivity contribution in [1.82, 2.24) is 0 Å². The molecule has 0 spiro atoms. The van der Waals surface area contributed by atoms with Gasteiger partial charge < -0.3 is 15.8 Å². The van der Waals surface area contributed by atoms with Gasteiger partial charge in [-0.25, -0.2) is 4.39 Å². The quantitative estimate of drug-likeness (QED) is 0.802. The molecule has 0 atom stereocenters. The zero-order chi connectivity index (χ0) is 11.5. The second-order valence-electron chi connectivity index (χ2n) is 4.19. The highest BCUT2D eigenvalue weighted by atomic mass is 19.1. The smallest absolute Gasteiger partial charge is 0.167 e. The van der Waals surface area contributed by atoms with Gasteiger partial charge in [-0.3, -0.25) is 0 Å². The van der Waals surface area contributed by atoms with Crippen molar-refractivity contribution in [2.45, 2.75) is 19.4 Å². The fourth-order valence-electron chi connectivity index (χ4n) is 1.11. The van der Waals surface area contributed by atoms with Crippen LogP contribution in [0.5, 0.6) is 5.75 Å². The summed E-state index contributed by atoms with van der Waals surface area (Å²) in [5.41, 5.74) is 6.17. The molecule has 1 aromatic carbocycles. The van der Waals surface area contributed by atoms with Crippen LogP contribution in [0.15, 0.2) is 18.2 Å². The summed E-state index contributed by atoms with van der Waals surface area (Å²) >= 11 is 0. The number of methoxy groups -OCH3 is 1. The summed E-state index contributed by atoms with van der Waals surface area (Å²) in [6, 6.07) is 4.74. The molecule has 0 fully saturated rings. The first-order valence-corrected chi connectivity index (χ1v) is 4.79. The molecular weight excluding hydrogens is 195 g/mol. The summed E-state index contributed by atoms with van der Waals surface area (Å²) in [4.78, 5) is 0. The van der Waals surface area contributed by atoms with Crippen molar-refractivity contribution in [1.29, 1.82) is 0 Å². The van der Waals surface area contributed by atoms with E-state index in [1.165, 1.54) is 13.2 Å². The Kier molecular flexibility index (Phi) is 3.52. The Balaban J connectivity index is 2.68. The minimum Gasteiger partial charge on any atom is -0.494 e. The van der Waals surface area contributed by atoms with Gasteiger partial charge in [0.25, 0.3) is 0 Å². The maximum absolute atomic E-state index is 13.3. The molecule has 3 nitrogen and oxygen atoms in total. The van der Waals surface area contributed by atoms with Gasteiger partial charge in [0.15, 0.2) is 11.6 Å². The lowest BCUT2D eigenvalue weighted by atomic mass is 10.1. The Hall–Kier alpha value is -1.29. The van der Waals surface area contributed by atoms with Gasteiger partial charge in [0.1, 0.15) is 0 Å². The highest BCUT2D eigenvalue weighted by Crippen LogP contribution is 2.20. The fraction of sp³-hybridized carbons (Fsp3) is 0.455. The van der Waals surface area contributed by atoms with E-state index in [1.807, 2.05) is 13.8 Å². The summed E-state index contributed by atoms with van der Waals surface area (Å²) in [7, 11) is 1.44. The summed E-state index contributed by atoms with van der Waals surface area (Å²) in [5.74, 6) is -0.134. The van der Waals surface area contributed by atoms with Gasteiger partial charge in [-0.05, 0) is 26.0 Å². The first-order valence-electron chi connectivity index (χ1n) is 4.79. The molecule has 1 aromatic rings. The van der Waals surface area contributed by atoms with Gasteiger partial charge in [-0.1, -0.05) is 0 Å². The van der Waals surface area contributed by atoms with Crippen LogP contribution in [-0.2, 0) is 0 Å². The van der Waals surface area contributed by atoms with Crippen molar-refractivity contribution < 1.29 is 9.13 Å². The second kappa shape index (κ2) is 4.49. The van der Waals surface area contributed by atoms with Gasteiger partial charge >= 0.3 is 0 Å². The third kappa shape index (κ3) is 3.75. The SMILES string of the molecule is COc1ccc(NCC(C)(C)N)cc1F. The molecule has 0 heterocycles. The summed E-state index contributed by atoms with van der Waals surface area (Å²) in [6.07, 6.45) is 0. The van der Waals surface area contributed by atoms with Crippen LogP contribution in [0.25, 0.3) is 0 Å². The Morgan fingerprint density at radius 1 is 1.47 bits per heavy atom. The number of hydrogen-bond acceptors (Lipinski definition) is 3. The van der Waals surface area contributed by atoms with E-state index in [2.05, 4.69) is 5.32 Å². The number of benzene rings is 1. The average Bonchev–Trinajstić information content (AvgIpc) is 2.14. The second-order valence-corrected chi connectivity index (χ2v) is 4.19. The lowest BCUT2D eigenvalue weighted by Crippen LogP contribution is -2.39. The van der Waals surface area contributed by atoms with Crippen LogP contribution < -0.4 is 15.8 Å². The van der Waals surface area contributed by atoms with E-state index in [9.17, 15) is 4.39 Å². The van der Waals surface area contributed by atoms with Crippen LogP contribution in [0, 0.1) is 5.82 Å². The number of rotatable bonds is 4. The third-order valence-corrected chi connectivity index (χ3v) is 1.90. The van der Waals surface area contributed by atoms with Crippen LogP contribution in [0.4, 0.5) is 10.1 Å². The Morgan fingerprint density at radius 3 is 2.60 bits per heavy atom. The molecular formula is C11H17FN2O. The first kappa shape index (κ1) is 11.8. The molecule has 0 aliphatic heterocycles. The Morgan fingerprint density at radius 2 is 2.13 bits per heavy atom. The van der Waals surface area contributed by atoms with E-state index in [0.29, 0.717) is 12.2 Å².